The molecule has 2 heterocycles. The van der Waals surface area contributed by atoms with E-state index in [1.807, 2.05) is 30.3 Å². The molecule has 4 rings (SSSR count). The maximum atomic E-state index is 13.8. The van der Waals surface area contributed by atoms with Gasteiger partial charge in [0.25, 0.3) is 6.43 Å². The van der Waals surface area contributed by atoms with E-state index in [-0.39, 0.29) is 18.1 Å². The second-order valence-electron chi connectivity index (χ2n) is 7.95. The Hall–Kier alpha value is -4.07. The van der Waals surface area contributed by atoms with Crippen LogP contribution in [0.4, 0.5) is 27.8 Å². The van der Waals surface area contributed by atoms with Crippen LogP contribution < -0.4 is 10.5 Å². The molecule has 0 spiro atoms. The number of anilines is 1. The summed E-state index contributed by atoms with van der Waals surface area (Å²) in [6.45, 7) is 2.49. The first-order chi connectivity index (χ1) is 16.5. The second-order valence-corrected chi connectivity index (χ2v) is 7.95. The minimum absolute atomic E-state index is 0.228. The van der Waals surface area contributed by atoms with Crippen molar-refractivity contribution in [3.63, 3.8) is 0 Å². The fourth-order valence-corrected chi connectivity index (χ4v) is 4.11. The lowest BCUT2D eigenvalue weighted by Gasteiger charge is -2.18. The highest BCUT2D eigenvalue weighted by molar-refractivity contribution is 5.94. The summed E-state index contributed by atoms with van der Waals surface area (Å²) in [5.74, 6) is 0.116. The number of nitriles is 1. The number of benzene rings is 2. The van der Waals surface area contributed by atoms with Crippen molar-refractivity contribution in [1.82, 2.24) is 14.3 Å². The summed E-state index contributed by atoms with van der Waals surface area (Å²) in [4.78, 5) is 0. The highest BCUT2D eigenvalue weighted by Crippen LogP contribution is 2.42. The number of aromatic nitrogens is 3. The SMILES string of the molecule is Cc1ccc(OCc2ccccc2)c(C)c1-n1c(N)c(C#N)c2c(C(F)(F)F)nn(CC(F)F)c21. The summed E-state index contributed by atoms with van der Waals surface area (Å²) in [6.07, 6.45) is -7.97. The van der Waals surface area contributed by atoms with Crippen LogP contribution in [0.25, 0.3) is 16.7 Å². The van der Waals surface area contributed by atoms with E-state index in [0.717, 1.165) is 5.56 Å². The maximum Gasteiger partial charge on any atom is 0.435 e. The van der Waals surface area contributed by atoms with Crippen LogP contribution in [0.2, 0.25) is 0 Å². The molecule has 6 nitrogen and oxygen atoms in total. The van der Waals surface area contributed by atoms with Gasteiger partial charge in [0.1, 0.15) is 42.0 Å². The predicted molar refractivity (Wildman–Crippen MR) is 119 cm³/mol. The summed E-state index contributed by atoms with van der Waals surface area (Å²) in [6, 6.07) is 14.4. The smallest absolute Gasteiger partial charge is 0.435 e. The van der Waals surface area contributed by atoms with Crippen LogP contribution in [0.3, 0.4) is 0 Å². The lowest BCUT2D eigenvalue weighted by molar-refractivity contribution is -0.140. The van der Waals surface area contributed by atoms with E-state index < -0.39 is 35.8 Å². The third-order valence-corrected chi connectivity index (χ3v) is 5.62. The molecule has 182 valence electrons. The van der Waals surface area contributed by atoms with Crippen molar-refractivity contribution in [3.8, 4) is 17.5 Å². The molecule has 0 atom stereocenters. The first-order valence-corrected chi connectivity index (χ1v) is 10.5. The van der Waals surface area contributed by atoms with E-state index in [1.54, 1.807) is 32.0 Å². The molecule has 0 saturated carbocycles. The van der Waals surface area contributed by atoms with Crippen molar-refractivity contribution in [2.45, 2.75) is 39.6 Å². The molecule has 2 aromatic carbocycles. The average Bonchev–Trinajstić information content (AvgIpc) is 3.28. The van der Waals surface area contributed by atoms with Gasteiger partial charge in [-0.15, -0.1) is 0 Å². The Balaban J connectivity index is 1.97. The Bertz CT molecular complexity index is 1430. The lowest BCUT2D eigenvalue weighted by atomic mass is 10.1. The van der Waals surface area contributed by atoms with E-state index in [1.165, 1.54) is 4.57 Å². The predicted octanol–water partition coefficient (Wildman–Crippen LogP) is 5.76. The normalized spacial score (nSPS) is 11.9. The fourth-order valence-electron chi connectivity index (χ4n) is 4.11. The van der Waals surface area contributed by atoms with Gasteiger partial charge in [0.15, 0.2) is 5.69 Å². The van der Waals surface area contributed by atoms with E-state index >= 15 is 0 Å². The molecule has 2 N–H and O–H groups in total. The topological polar surface area (TPSA) is 81.8 Å². The molecule has 35 heavy (non-hydrogen) atoms. The van der Waals surface area contributed by atoms with Crippen LogP contribution in [0, 0.1) is 25.2 Å². The largest absolute Gasteiger partial charge is 0.489 e. The Kier molecular flexibility index (Phi) is 6.15. The third kappa shape index (κ3) is 4.27. The summed E-state index contributed by atoms with van der Waals surface area (Å²) in [5.41, 5.74) is 6.22. The van der Waals surface area contributed by atoms with Crippen LogP contribution in [-0.4, -0.2) is 20.8 Å². The minimum Gasteiger partial charge on any atom is -0.489 e. The van der Waals surface area contributed by atoms with Crippen molar-refractivity contribution in [1.29, 1.82) is 5.26 Å². The van der Waals surface area contributed by atoms with Crippen molar-refractivity contribution >= 4 is 16.9 Å². The number of hydrogen-bond donors (Lipinski definition) is 1. The molecule has 4 aromatic rings. The maximum absolute atomic E-state index is 13.8. The number of aryl methyl sites for hydroxylation is 1. The van der Waals surface area contributed by atoms with E-state index in [0.29, 0.717) is 27.2 Å². The lowest BCUT2D eigenvalue weighted by Crippen LogP contribution is -2.15. The van der Waals surface area contributed by atoms with Crippen LogP contribution in [0.1, 0.15) is 27.9 Å². The molecule has 2 aromatic heterocycles. The molecular weight excluding hydrogens is 469 g/mol. The summed E-state index contributed by atoms with van der Waals surface area (Å²) in [5, 5.41) is 12.4. The van der Waals surface area contributed by atoms with Crippen molar-refractivity contribution in [3.05, 3.63) is 70.4 Å². The zero-order chi connectivity index (χ0) is 25.5. The minimum atomic E-state index is -4.99. The Morgan fingerprint density at radius 2 is 1.80 bits per heavy atom. The molecule has 0 aliphatic carbocycles. The molecule has 0 aliphatic heterocycles. The van der Waals surface area contributed by atoms with Crippen LogP contribution >= 0.6 is 0 Å². The molecule has 11 heteroatoms. The van der Waals surface area contributed by atoms with Gasteiger partial charge in [0, 0.05) is 5.56 Å². The number of rotatable bonds is 6. The molecular formula is C24H20F5N5O. The van der Waals surface area contributed by atoms with E-state index in [4.69, 9.17) is 10.5 Å². The zero-order valence-electron chi connectivity index (χ0n) is 18.7. The monoisotopic (exact) mass is 489 g/mol. The third-order valence-electron chi connectivity index (χ3n) is 5.62. The first kappa shape index (κ1) is 24.1. The number of ether oxygens (including phenoxy) is 1. The van der Waals surface area contributed by atoms with E-state index in [9.17, 15) is 27.2 Å². The fraction of sp³-hybridized carbons (Fsp3) is 0.250. The van der Waals surface area contributed by atoms with Crippen molar-refractivity contribution < 1.29 is 26.7 Å². The summed E-state index contributed by atoms with van der Waals surface area (Å²) in [7, 11) is 0. The summed E-state index contributed by atoms with van der Waals surface area (Å²) >= 11 is 0. The number of nitrogens with two attached hydrogens (primary N) is 1. The average molecular weight is 489 g/mol. The molecule has 0 bridgehead atoms. The van der Waals surface area contributed by atoms with Gasteiger partial charge in [-0.2, -0.15) is 23.5 Å². The highest BCUT2D eigenvalue weighted by Gasteiger charge is 2.41. The Morgan fingerprint density at radius 1 is 1.11 bits per heavy atom. The van der Waals surface area contributed by atoms with Gasteiger partial charge in [-0.05, 0) is 31.0 Å². The molecule has 0 amide bonds. The van der Waals surface area contributed by atoms with Crippen molar-refractivity contribution in [2.75, 3.05) is 5.73 Å². The van der Waals surface area contributed by atoms with E-state index in [2.05, 4.69) is 5.10 Å². The van der Waals surface area contributed by atoms with Gasteiger partial charge < -0.3 is 10.5 Å². The number of alkyl halides is 5. The van der Waals surface area contributed by atoms with Crippen LogP contribution in [0.15, 0.2) is 42.5 Å². The number of halogens is 5. The zero-order valence-corrected chi connectivity index (χ0v) is 18.7. The Labute approximate surface area is 196 Å². The van der Waals surface area contributed by atoms with Gasteiger partial charge in [-0.3, -0.25) is 4.57 Å². The molecule has 0 aliphatic rings. The number of fused-ring (bicyclic) bond motifs is 1. The first-order valence-electron chi connectivity index (χ1n) is 10.5. The van der Waals surface area contributed by atoms with Gasteiger partial charge in [-0.1, -0.05) is 36.4 Å². The second kappa shape index (κ2) is 8.94. The van der Waals surface area contributed by atoms with Crippen molar-refractivity contribution in [2.24, 2.45) is 0 Å². The van der Waals surface area contributed by atoms with Gasteiger partial charge in [0.05, 0.1) is 11.1 Å². The van der Waals surface area contributed by atoms with Crippen LogP contribution in [-0.2, 0) is 19.3 Å². The number of nitrogen functional groups attached to an aromatic ring is 1. The highest BCUT2D eigenvalue weighted by atomic mass is 19.4. The summed E-state index contributed by atoms with van der Waals surface area (Å²) < 4.78 is 75.6. The standard InChI is InChI=1S/C24H20F5N5O/c1-13-8-9-17(35-12-15-6-4-3-5-7-15)14(2)20(13)34-22(31)16(10-30)19-21(24(27,28)29)32-33(23(19)34)11-18(25)26/h3-9,18H,11-12,31H2,1-2H3. The number of hydrogen-bond acceptors (Lipinski definition) is 4. The quantitative estimate of drug-likeness (QED) is 0.349. The van der Waals surface area contributed by atoms with Gasteiger partial charge >= 0.3 is 6.18 Å². The molecule has 0 fully saturated rings. The van der Waals surface area contributed by atoms with Gasteiger partial charge in [0.2, 0.25) is 0 Å². The molecule has 0 saturated heterocycles. The van der Waals surface area contributed by atoms with Gasteiger partial charge in [-0.25, -0.2) is 13.5 Å². The molecule has 0 radical (unpaired) electrons. The molecule has 0 unspecified atom stereocenters. The Morgan fingerprint density at radius 3 is 2.40 bits per heavy atom. The van der Waals surface area contributed by atoms with Crippen LogP contribution in [0.5, 0.6) is 5.75 Å². The number of nitrogens with zero attached hydrogens (tertiary/aromatic N) is 4.